The van der Waals surface area contributed by atoms with Crippen LogP contribution >= 0.6 is 0 Å². The van der Waals surface area contributed by atoms with Gasteiger partial charge in [0.1, 0.15) is 6.04 Å². The van der Waals surface area contributed by atoms with Gasteiger partial charge in [0.25, 0.3) is 5.91 Å². The van der Waals surface area contributed by atoms with Crippen LogP contribution in [0.25, 0.3) is 0 Å². The van der Waals surface area contributed by atoms with E-state index in [1.807, 2.05) is 23.2 Å². The number of amides is 1. The Morgan fingerprint density at radius 1 is 1.25 bits per heavy atom. The second kappa shape index (κ2) is 3.57. The molecule has 0 radical (unpaired) electrons. The number of benzene rings is 1. The molecule has 4 heteroatoms. The molecule has 2 N–H and O–H groups in total. The summed E-state index contributed by atoms with van der Waals surface area (Å²) in [6.45, 7) is 2.56. The number of carbonyl (C=O) groups is 1. The van der Waals surface area contributed by atoms with E-state index in [2.05, 4.69) is 11.1 Å². The number of hydrazine groups is 1. The van der Waals surface area contributed by atoms with Gasteiger partial charge in [-0.1, -0.05) is 24.3 Å². The lowest BCUT2D eigenvalue weighted by molar-refractivity contribution is -0.145. The van der Waals surface area contributed by atoms with Gasteiger partial charge >= 0.3 is 0 Å². The standard InChI is InChI=1S/C12H15N3O/c13-11-10-5-2-1-4-9(10)8-14-6-3-7-15(14)12(11)16/h1-2,4-5,11H,3,6-8,13H2. The highest BCUT2D eigenvalue weighted by atomic mass is 16.2. The van der Waals surface area contributed by atoms with Gasteiger partial charge in [0, 0.05) is 19.6 Å². The summed E-state index contributed by atoms with van der Waals surface area (Å²) >= 11 is 0. The van der Waals surface area contributed by atoms with Crippen molar-refractivity contribution in [1.82, 2.24) is 10.0 Å². The molecular weight excluding hydrogens is 202 g/mol. The van der Waals surface area contributed by atoms with E-state index in [1.165, 1.54) is 5.56 Å². The fraction of sp³-hybridized carbons (Fsp3) is 0.417. The van der Waals surface area contributed by atoms with Crippen molar-refractivity contribution in [3.05, 3.63) is 35.4 Å². The van der Waals surface area contributed by atoms with Gasteiger partial charge in [0.15, 0.2) is 0 Å². The van der Waals surface area contributed by atoms with Crippen LogP contribution in [0.4, 0.5) is 0 Å². The molecule has 0 aromatic heterocycles. The van der Waals surface area contributed by atoms with Gasteiger partial charge in [-0.25, -0.2) is 5.01 Å². The summed E-state index contributed by atoms with van der Waals surface area (Å²) in [7, 11) is 0. The molecule has 3 rings (SSSR count). The average molecular weight is 217 g/mol. The normalized spacial score (nSPS) is 25.2. The van der Waals surface area contributed by atoms with Gasteiger partial charge in [0.2, 0.25) is 0 Å². The summed E-state index contributed by atoms with van der Waals surface area (Å²) in [4.78, 5) is 12.1. The van der Waals surface area contributed by atoms with Gasteiger partial charge < -0.3 is 5.73 Å². The summed E-state index contributed by atoms with van der Waals surface area (Å²) in [5, 5.41) is 3.92. The Morgan fingerprint density at radius 3 is 2.94 bits per heavy atom. The summed E-state index contributed by atoms with van der Waals surface area (Å²) in [5.41, 5.74) is 8.18. The number of nitrogens with two attached hydrogens (primary N) is 1. The van der Waals surface area contributed by atoms with E-state index in [9.17, 15) is 4.79 Å². The quantitative estimate of drug-likeness (QED) is 0.694. The first-order chi connectivity index (χ1) is 7.77. The molecule has 4 nitrogen and oxygen atoms in total. The third-order valence-corrected chi connectivity index (χ3v) is 3.39. The first-order valence-corrected chi connectivity index (χ1v) is 5.67. The van der Waals surface area contributed by atoms with E-state index >= 15 is 0 Å². The lowest BCUT2D eigenvalue weighted by atomic mass is 10.0. The molecule has 0 saturated carbocycles. The number of carbonyl (C=O) groups excluding carboxylic acids is 1. The molecule has 1 saturated heterocycles. The third-order valence-electron chi connectivity index (χ3n) is 3.39. The SMILES string of the molecule is NC1C(=O)N2CCCN2Cc2ccccc21. The van der Waals surface area contributed by atoms with Crippen LogP contribution in [0, 0.1) is 0 Å². The second-order valence-corrected chi connectivity index (χ2v) is 4.38. The van der Waals surface area contributed by atoms with Gasteiger partial charge in [-0.3, -0.25) is 9.80 Å². The van der Waals surface area contributed by atoms with Crippen molar-refractivity contribution in [1.29, 1.82) is 0 Å². The minimum absolute atomic E-state index is 0.0300. The Hall–Kier alpha value is -1.39. The number of rotatable bonds is 0. The van der Waals surface area contributed by atoms with E-state index in [4.69, 9.17) is 5.73 Å². The maximum Gasteiger partial charge on any atom is 0.258 e. The van der Waals surface area contributed by atoms with Crippen molar-refractivity contribution in [2.24, 2.45) is 5.73 Å². The Balaban J connectivity index is 2.07. The maximum atomic E-state index is 12.1. The molecule has 1 unspecified atom stereocenters. The molecule has 2 heterocycles. The maximum absolute atomic E-state index is 12.1. The van der Waals surface area contributed by atoms with Crippen molar-refractivity contribution in [3.8, 4) is 0 Å². The van der Waals surface area contributed by atoms with E-state index in [0.717, 1.165) is 31.6 Å². The minimum Gasteiger partial charge on any atom is -0.316 e. The van der Waals surface area contributed by atoms with Crippen LogP contribution in [0.1, 0.15) is 23.6 Å². The molecule has 1 amide bonds. The third kappa shape index (κ3) is 1.34. The highest BCUT2D eigenvalue weighted by Gasteiger charge is 2.34. The number of nitrogens with zero attached hydrogens (tertiary/aromatic N) is 2. The summed E-state index contributed by atoms with van der Waals surface area (Å²) in [5.74, 6) is 0.0300. The van der Waals surface area contributed by atoms with Crippen molar-refractivity contribution in [2.75, 3.05) is 13.1 Å². The minimum atomic E-state index is -0.501. The molecule has 0 bridgehead atoms. The zero-order chi connectivity index (χ0) is 11.1. The van der Waals surface area contributed by atoms with Crippen LogP contribution in [-0.4, -0.2) is 29.0 Å². The monoisotopic (exact) mass is 217 g/mol. The molecule has 1 atom stereocenters. The Morgan fingerprint density at radius 2 is 2.06 bits per heavy atom. The fourth-order valence-corrected chi connectivity index (χ4v) is 2.55. The van der Waals surface area contributed by atoms with Crippen molar-refractivity contribution in [3.63, 3.8) is 0 Å². The first kappa shape index (κ1) is 9.81. The Labute approximate surface area is 94.6 Å². The van der Waals surface area contributed by atoms with Crippen molar-refractivity contribution in [2.45, 2.75) is 19.0 Å². The van der Waals surface area contributed by atoms with E-state index < -0.39 is 6.04 Å². The van der Waals surface area contributed by atoms with E-state index in [-0.39, 0.29) is 5.91 Å². The highest BCUT2D eigenvalue weighted by molar-refractivity contribution is 5.83. The zero-order valence-electron chi connectivity index (χ0n) is 9.10. The van der Waals surface area contributed by atoms with E-state index in [1.54, 1.807) is 0 Å². The number of fused-ring (bicyclic) bond motifs is 2. The van der Waals surface area contributed by atoms with Gasteiger partial charge in [0.05, 0.1) is 0 Å². The summed E-state index contributed by atoms with van der Waals surface area (Å²) < 4.78 is 0. The molecule has 0 spiro atoms. The second-order valence-electron chi connectivity index (χ2n) is 4.38. The van der Waals surface area contributed by atoms with Crippen LogP contribution < -0.4 is 5.73 Å². The smallest absolute Gasteiger partial charge is 0.258 e. The number of hydrogen-bond donors (Lipinski definition) is 1. The lowest BCUT2D eigenvalue weighted by Gasteiger charge is -2.26. The summed E-state index contributed by atoms with van der Waals surface area (Å²) in [6.07, 6.45) is 1.04. The van der Waals surface area contributed by atoms with Crippen LogP contribution in [0.5, 0.6) is 0 Å². The highest BCUT2D eigenvalue weighted by Crippen LogP contribution is 2.27. The predicted octanol–water partition coefficient (Wildman–Crippen LogP) is 0.649. The van der Waals surface area contributed by atoms with Crippen molar-refractivity contribution < 1.29 is 4.79 Å². The van der Waals surface area contributed by atoms with Crippen molar-refractivity contribution >= 4 is 5.91 Å². The average Bonchev–Trinajstić information content (AvgIpc) is 2.72. The van der Waals surface area contributed by atoms with Crippen LogP contribution in [-0.2, 0) is 11.3 Å². The van der Waals surface area contributed by atoms with Gasteiger partial charge in [-0.2, -0.15) is 0 Å². The predicted molar refractivity (Wildman–Crippen MR) is 60.1 cm³/mol. The molecule has 1 fully saturated rings. The van der Waals surface area contributed by atoms with Gasteiger partial charge in [-0.05, 0) is 17.5 Å². The molecule has 0 aliphatic carbocycles. The van der Waals surface area contributed by atoms with Gasteiger partial charge in [-0.15, -0.1) is 0 Å². The van der Waals surface area contributed by atoms with Crippen LogP contribution in [0.3, 0.4) is 0 Å². The Kier molecular flexibility index (Phi) is 2.19. The molecule has 1 aromatic rings. The fourth-order valence-electron chi connectivity index (χ4n) is 2.55. The van der Waals surface area contributed by atoms with E-state index in [0.29, 0.717) is 0 Å². The zero-order valence-corrected chi connectivity index (χ0v) is 9.10. The molecule has 84 valence electrons. The summed E-state index contributed by atoms with van der Waals surface area (Å²) in [6, 6.07) is 7.46. The lowest BCUT2D eigenvalue weighted by Crippen LogP contribution is -2.42. The van der Waals surface area contributed by atoms with Crippen LogP contribution in [0.2, 0.25) is 0 Å². The number of hydrogen-bond acceptors (Lipinski definition) is 3. The first-order valence-electron chi connectivity index (χ1n) is 5.67. The molecule has 16 heavy (non-hydrogen) atoms. The molecular formula is C12H15N3O. The molecule has 2 aliphatic heterocycles. The molecule has 2 aliphatic rings. The topological polar surface area (TPSA) is 49.6 Å². The largest absolute Gasteiger partial charge is 0.316 e. The Bertz CT molecular complexity index is 432. The van der Waals surface area contributed by atoms with Crippen LogP contribution in [0.15, 0.2) is 24.3 Å². The molecule has 1 aromatic carbocycles.